The minimum atomic E-state index is -4.17. The monoisotopic (exact) mass is 651 g/mol. The molecule has 0 fully saturated rings. The molecule has 4 aromatic carbocycles. The topological polar surface area (TPSA) is 86.8 Å². The SMILES string of the molecule is CCCNC(=O)[C@@H](Cc1ccccc1)N(Cc1c(Cl)cccc1Cl)C(=O)CN(c1ccccc1)S(=O)(=O)c1ccc(C)cc1. The maximum atomic E-state index is 14.4. The number of sulfonamides is 1. The van der Waals surface area contributed by atoms with Crippen LogP contribution in [0.15, 0.2) is 108 Å². The molecule has 0 heterocycles. The van der Waals surface area contributed by atoms with Gasteiger partial charge in [-0.05, 0) is 55.3 Å². The highest BCUT2D eigenvalue weighted by atomic mass is 35.5. The molecule has 0 radical (unpaired) electrons. The molecule has 1 atom stereocenters. The van der Waals surface area contributed by atoms with Crippen LogP contribution in [-0.4, -0.2) is 44.3 Å². The number of hydrogen-bond acceptors (Lipinski definition) is 4. The highest BCUT2D eigenvalue weighted by Gasteiger charge is 2.35. The summed E-state index contributed by atoms with van der Waals surface area (Å²) >= 11 is 13.1. The van der Waals surface area contributed by atoms with Crippen molar-refractivity contribution in [2.45, 2.75) is 44.2 Å². The molecular formula is C34H35Cl2N3O4S. The van der Waals surface area contributed by atoms with Gasteiger partial charge in [-0.15, -0.1) is 0 Å². The van der Waals surface area contributed by atoms with Crippen LogP contribution in [-0.2, 0) is 32.6 Å². The maximum Gasteiger partial charge on any atom is 0.264 e. The van der Waals surface area contributed by atoms with Crippen LogP contribution in [0.5, 0.6) is 0 Å². The van der Waals surface area contributed by atoms with Gasteiger partial charge in [0.1, 0.15) is 12.6 Å². The van der Waals surface area contributed by atoms with Gasteiger partial charge < -0.3 is 10.2 Å². The average Bonchev–Trinajstić information content (AvgIpc) is 3.02. The molecule has 0 saturated carbocycles. The van der Waals surface area contributed by atoms with E-state index in [1.807, 2.05) is 44.2 Å². The summed E-state index contributed by atoms with van der Waals surface area (Å²) in [5.74, 6) is -0.951. The fraction of sp³-hybridized carbons (Fsp3) is 0.235. The van der Waals surface area contributed by atoms with Crippen LogP contribution >= 0.6 is 23.2 Å². The zero-order valence-electron chi connectivity index (χ0n) is 24.6. The number of halogens is 2. The number of carbonyl (C=O) groups excluding carboxylic acids is 2. The van der Waals surface area contributed by atoms with Gasteiger partial charge in [-0.3, -0.25) is 13.9 Å². The second kappa shape index (κ2) is 15.2. The van der Waals surface area contributed by atoms with E-state index in [-0.39, 0.29) is 23.8 Å². The summed E-state index contributed by atoms with van der Waals surface area (Å²) in [5.41, 5.74) is 2.50. The van der Waals surface area contributed by atoms with Crippen molar-refractivity contribution >= 4 is 50.7 Å². The molecule has 10 heteroatoms. The highest BCUT2D eigenvalue weighted by Crippen LogP contribution is 2.29. The number of amides is 2. The third-order valence-corrected chi connectivity index (χ3v) is 9.64. The fourth-order valence-corrected chi connectivity index (χ4v) is 6.67. The number of nitrogens with one attached hydrogen (secondary N) is 1. The zero-order chi connectivity index (χ0) is 31.7. The van der Waals surface area contributed by atoms with Crippen LogP contribution in [0, 0.1) is 6.92 Å². The molecule has 4 rings (SSSR count). The molecule has 0 aliphatic heterocycles. The minimum absolute atomic E-state index is 0.0435. The summed E-state index contributed by atoms with van der Waals surface area (Å²) in [7, 11) is -4.17. The molecule has 0 aromatic heterocycles. The van der Waals surface area contributed by atoms with E-state index in [9.17, 15) is 18.0 Å². The molecular weight excluding hydrogens is 617 g/mol. The van der Waals surface area contributed by atoms with Gasteiger partial charge in [-0.1, -0.05) is 102 Å². The molecule has 4 aromatic rings. The standard InChI is InChI=1S/C34H35Cl2N3O4S/c1-3-21-37-34(41)32(22-26-11-6-4-7-12-26)38(23-29-30(35)15-10-16-31(29)36)33(40)24-39(27-13-8-5-9-14-27)44(42,43)28-19-17-25(2)18-20-28/h4-20,32H,3,21-24H2,1-2H3,(H,37,41)/t32-/m1/s1. The number of nitrogens with zero attached hydrogens (tertiary/aromatic N) is 2. The van der Waals surface area contributed by atoms with Crippen molar-refractivity contribution in [3.8, 4) is 0 Å². The van der Waals surface area contributed by atoms with Gasteiger partial charge in [0.2, 0.25) is 11.8 Å². The number of benzene rings is 4. The van der Waals surface area contributed by atoms with E-state index in [0.29, 0.717) is 34.3 Å². The molecule has 0 unspecified atom stereocenters. The molecule has 7 nitrogen and oxygen atoms in total. The summed E-state index contributed by atoms with van der Waals surface area (Å²) in [5, 5.41) is 3.58. The van der Waals surface area contributed by atoms with Crippen molar-refractivity contribution in [3.05, 3.63) is 130 Å². The lowest BCUT2D eigenvalue weighted by Gasteiger charge is -2.34. The van der Waals surface area contributed by atoms with Gasteiger partial charge in [-0.2, -0.15) is 0 Å². The van der Waals surface area contributed by atoms with Crippen LogP contribution < -0.4 is 9.62 Å². The Kier molecular flexibility index (Phi) is 11.4. The van der Waals surface area contributed by atoms with Crippen molar-refractivity contribution in [1.29, 1.82) is 0 Å². The predicted octanol–water partition coefficient (Wildman–Crippen LogP) is 6.66. The van der Waals surface area contributed by atoms with Gasteiger partial charge in [0, 0.05) is 35.1 Å². The van der Waals surface area contributed by atoms with Crippen molar-refractivity contribution in [2.75, 3.05) is 17.4 Å². The molecule has 0 aliphatic carbocycles. The third kappa shape index (κ3) is 8.20. The Labute approximate surface area is 269 Å². The van der Waals surface area contributed by atoms with Gasteiger partial charge in [0.15, 0.2) is 0 Å². The Morgan fingerprint density at radius 2 is 1.41 bits per heavy atom. The minimum Gasteiger partial charge on any atom is -0.354 e. The average molecular weight is 653 g/mol. The van der Waals surface area contributed by atoms with E-state index in [1.54, 1.807) is 60.7 Å². The lowest BCUT2D eigenvalue weighted by molar-refractivity contribution is -0.140. The molecule has 44 heavy (non-hydrogen) atoms. The Hall–Kier alpha value is -3.85. The quantitative estimate of drug-likeness (QED) is 0.175. The number of hydrogen-bond donors (Lipinski definition) is 1. The summed E-state index contributed by atoms with van der Waals surface area (Å²) in [4.78, 5) is 29.6. The molecule has 230 valence electrons. The second-order valence-electron chi connectivity index (χ2n) is 10.4. The predicted molar refractivity (Wildman–Crippen MR) is 176 cm³/mol. The Bertz CT molecular complexity index is 1650. The zero-order valence-corrected chi connectivity index (χ0v) is 26.9. The molecule has 2 amide bonds. The van der Waals surface area contributed by atoms with Crippen LogP contribution in [0.25, 0.3) is 0 Å². The Balaban J connectivity index is 1.81. The summed E-state index contributed by atoms with van der Waals surface area (Å²) in [6.45, 7) is 3.54. The van der Waals surface area contributed by atoms with Crippen LogP contribution in [0.3, 0.4) is 0 Å². The number of aryl methyl sites for hydroxylation is 1. The lowest BCUT2D eigenvalue weighted by Crippen LogP contribution is -2.53. The van der Waals surface area contributed by atoms with Crippen LogP contribution in [0.2, 0.25) is 10.0 Å². The Morgan fingerprint density at radius 1 is 0.818 bits per heavy atom. The first-order chi connectivity index (χ1) is 21.1. The number of anilines is 1. The first-order valence-corrected chi connectivity index (χ1v) is 16.5. The number of para-hydroxylation sites is 1. The molecule has 0 spiro atoms. The Morgan fingerprint density at radius 3 is 2.00 bits per heavy atom. The number of carbonyl (C=O) groups is 2. The summed E-state index contributed by atoms with van der Waals surface area (Å²) in [6.07, 6.45) is 0.894. The van der Waals surface area contributed by atoms with E-state index >= 15 is 0 Å². The van der Waals surface area contributed by atoms with Crippen LogP contribution in [0.4, 0.5) is 5.69 Å². The molecule has 0 bridgehead atoms. The molecule has 0 aliphatic rings. The van der Waals surface area contributed by atoms with E-state index in [0.717, 1.165) is 15.4 Å². The third-order valence-electron chi connectivity index (χ3n) is 7.14. The number of rotatable bonds is 13. The van der Waals surface area contributed by atoms with E-state index < -0.39 is 28.5 Å². The van der Waals surface area contributed by atoms with Gasteiger partial charge in [-0.25, -0.2) is 8.42 Å². The van der Waals surface area contributed by atoms with Gasteiger partial charge >= 0.3 is 0 Å². The van der Waals surface area contributed by atoms with Crippen molar-refractivity contribution in [2.24, 2.45) is 0 Å². The molecule has 1 N–H and O–H groups in total. The van der Waals surface area contributed by atoms with Gasteiger partial charge in [0.25, 0.3) is 10.0 Å². The summed E-state index contributed by atoms with van der Waals surface area (Å²) < 4.78 is 29.2. The van der Waals surface area contributed by atoms with Gasteiger partial charge in [0.05, 0.1) is 10.6 Å². The lowest BCUT2D eigenvalue weighted by atomic mass is 10.0. The smallest absolute Gasteiger partial charge is 0.264 e. The first-order valence-electron chi connectivity index (χ1n) is 14.3. The largest absolute Gasteiger partial charge is 0.354 e. The fourth-order valence-electron chi connectivity index (χ4n) is 4.73. The maximum absolute atomic E-state index is 14.4. The normalized spacial score (nSPS) is 11.9. The molecule has 0 saturated heterocycles. The van der Waals surface area contributed by atoms with Crippen molar-refractivity contribution in [3.63, 3.8) is 0 Å². The summed E-state index contributed by atoms with van der Waals surface area (Å²) in [6, 6.07) is 28.3. The van der Waals surface area contributed by atoms with E-state index in [2.05, 4.69) is 5.32 Å². The highest BCUT2D eigenvalue weighted by molar-refractivity contribution is 7.92. The van der Waals surface area contributed by atoms with E-state index in [4.69, 9.17) is 23.2 Å². The van der Waals surface area contributed by atoms with E-state index in [1.165, 1.54) is 17.0 Å². The first kappa shape index (κ1) is 33.1. The van der Waals surface area contributed by atoms with Crippen molar-refractivity contribution in [1.82, 2.24) is 10.2 Å². The second-order valence-corrected chi connectivity index (χ2v) is 13.1. The van der Waals surface area contributed by atoms with Crippen molar-refractivity contribution < 1.29 is 18.0 Å². The van der Waals surface area contributed by atoms with Crippen LogP contribution in [0.1, 0.15) is 30.0 Å².